The Labute approximate surface area is 134 Å². The predicted octanol–water partition coefficient (Wildman–Crippen LogP) is 4.30. The SMILES string of the molecule is COc1cccc(CNCc2ccc(Cl)cc2Cl)c1OC. The highest BCUT2D eigenvalue weighted by Gasteiger charge is 2.09. The van der Waals surface area contributed by atoms with Gasteiger partial charge in [-0.2, -0.15) is 0 Å². The molecule has 0 saturated heterocycles. The molecular weight excluding hydrogens is 309 g/mol. The van der Waals surface area contributed by atoms with Gasteiger partial charge in [-0.15, -0.1) is 0 Å². The molecule has 0 aromatic heterocycles. The Bertz CT molecular complexity index is 617. The topological polar surface area (TPSA) is 30.5 Å². The van der Waals surface area contributed by atoms with Gasteiger partial charge in [0.15, 0.2) is 11.5 Å². The zero-order valence-corrected chi connectivity index (χ0v) is 13.5. The van der Waals surface area contributed by atoms with Gasteiger partial charge in [-0.3, -0.25) is 0 Å². The Hall–Kier alpha value is -1.42. The molecule has 2 aromatic rings. The van der Waals surface area contributed by atoms with Crippen LogP contribution in [-0.4, -0.2) is 14.2 Å². The van der Waals surface area contributed by atoms with Gasteiger partial charge in [-0.25, -0.2) is 0 Å². The van der Waals surface area contributed by atoms with Crippen LogP contribution in [0.4, 0.5) is 0 Å². The Balaban J connectivity index is 2.03. The third kappa shape index (κ3) is 4.03. The van der Waals surface area contributed by atoms with Crippen LogP contribution in [-0.2, 0) is 13.1 Å². The van der Waals surface area contributed by atoms with Crippen molar-refractivity contribution in [3.05, 3.63) is 57.6 Å². The van der Waals surface area contributed by atoms with Crippen molar-refractivity contribution in [2.24, 2.45) is 0 Å². The zero-order chi connectivity index (χ0) is 15.2. The first-order valence-electron chi connectivity index (χ1n) is 6.50. The number of nitrogens with one attached hydrogen (secondary N) is 1. The molecule has 0 aliphatic heterocycles. The van der Waals surface area contributed by atoms with Crippen LogP contribution in [0.25, 0.3) is 0 Å². The van der Waals surface area contributed by atoms with Crippen molar-refractivity contribution in [2.45, 2.75) is 13.1 Å². The monoisotopic (exact) mass is 325 g/mol. The van der Waals surface area contributed by atoms with E-state index in [0.717, 1.165) is 22.6 Å². The lowest BCUT2D eigenvalue weighted by Crippen LogP contribution is -2.14. The lowest BCUT2D eigenvalue weighted by atomic mass is 10.1. The summed E-state index contributed by atoms with van der Waals surface area (Å²) in [5.41, 5.74) is 2.03. The number of hydrogen-bond donors (Lipinski definition) is 1. The van der Waals surface area contributed by atoms with Crippen LogP contribution < -0.4 is 14.8 Å². The lowest BCUT2D eigenvalue weighted by molar-refractivity contribution is 0.350. The first-order chi connectivity index (χ1) is 10.2. The van der Waals surface area contributed by atoms with E-state index < -0.39 is 0 Å². The van der Waals surface area contributed by atoms with E-state index >= 15 is 0 Å². The molecule has 0 heterocycles. The van der Waals surface area contributed by atoms with Crippen molar-refractivity contribution in [1.29, 1.82) is 0 Å². The lowest BCUT2D eigenvalue weighted by Gasteiger charge is -2.13. The van der Waals surface area contributed by atoms with Crippen molar-refractivity contribution in [2.75, 3.05) is 14.2 Å². The van der Waals surface area contributed by atoms with E-state index in [1.54, 1.807) is 20.3 Å². The third-order valence-electron chi connectivity index (χ3n) is 3.13. The number of rotatable bonds is 6. The summed E-state index contributed by atoms with van der Waals surface area (Å²) in [6, 6.07) is 11.3. The van der Waals surface area contributed by atoms with E-state index in [2.05, 4.69) is 5.32 Å². The Kier molecular flexibility index (Phi) is 5.74. The maximum atomic E-state index is 6.15. The highest BCUT2D eigenvalue weighted by atomic mass is 35.5. The summed E-state index contributed by atoms with van der Waals surface area (Å²) in [5, 5.41) is 4.64. The van der Waals surface area contributed by atoms with Gasteiger partial charge in [0.1, 0.15) is 0 Å². The molecule has 0 radical (unpaired) electrons. The normalized spacial score (nSPS) is 10.5. The van der Waals surface area contributed by atoms with Crippen LogP contribution >= 0.6 is 23.2 Å². The van der Waals surface area contributed by atoms with Crippen LogP contribution in [0.1, 0.15) is 11.1 Å². The molecule has 1 N–H and O–H groups in total. The van der Waals surface area contributed by atoms with Gasteiger partial charge in [0.25, 0.3) is 0 Å². The number of ether oxygens (including phenoxy) is 2. The summed E-state index contributed by atoms with van der Waals surface area (Å²) in [6.45, 7) is 1.30. The van der Waals surface area contributed by atoms with E-state index in [4.69, 9.17) is 32.7 Å². The quantitative estimate of drug-likeness (QED) is 0.858. The molecule has 0 amide bonds. The summed E-state index contributed by atoms with van der Waals surface area (Å²) in [4.78, 5) is 0. The average Bonchev–Trinajstić information content (AvgIpc) is 2.49. The maximum absolute atomic E-state index is 6.15. The Morgan fingerprint density at radius 1 is 0.952 bits per heavy atom. The van der Waals surface area contributed by atoms with Crippen molar-refractivity contribution in [3.63, 3.8) is 0 Å². The second-order valence-corrected chi connectivity index (χ2v) is 5.34. The fourth-order valence-corrected chi connectivity index (χ4v) is 2.57. The standard InChI is InChI=1S/C16H17Cl2NO2/c1-20-15-5-3-4-12(16(15)21-2)10-19-9-11-6-7-13(17)8-14(11)18/h3-8,19H,9-10H2,1-2H3. The second kappa shape index (κ2) is 7.55. The van der Waals surface area contributed by atoms with Crippen LogP contribution in [0.15, 0.2) is 36.4 Å². The van der Waals surface area contributed by atoms with Gasteiger partial charge >= 0.3 is 0 Å². The van der Waals surface area contributed by atoms with Crippen molar-refractivity contribution >= 4 is 23.2 Å². The molecule has 0 spiro atoms. The maximum Gasteiger partial charge on any atom is 0.165 e. The molecule has 5 heteroatoms. The average molecular weight is 326 g/mol. The molecule has 0 unspecified atom stereocenters. The van der Waals surface area contributed by atoms with Crippen molar-refractivity contribution < 1.29 is 9.47 Å². The summed E-state index contributed by atoms with van der Waals surface area (Å²) in [5.74, 6) is 1.47. The van der Waals surface area contributed by atoms with Crippen LogP contribution in [0.2, 0.25) is 10.0 Å². The molecule has 0 saturated carbocycles. The summed E-state index contributed by atoms with van der Waals surface area (Å²) in [6.07, 6.45) is 0. The molecule has 2 rings (SSSR count). The van der Waals surface area contributed by atoms with E-state index in [9.17, 15) is 0 Å². The molecule has 2 aromatic carbocycles. The molecular formula is C16H17Cl2NO2. The number of halogens is 2. The molecule has 0 atom stereocenters. The summed E-state index contributed by atoms with van der Waals surface area (Å²) in [7, 11) is 3.26. The molecule has 3 nitrogen and oxygen atoms in total. The first kappa shape index (κ1) is 16.0. The summed E-state index contributed by atoms with van der Waals surface area (Å²) >= 11 is 12.0. The van der Waals surface area contributed by atoms with E-state index in [1.165, 1.54) is 0 Å². The zero-order valence-electron chi connectivity index (χ0n) is 12.0. The van der Waals surface area contributed by atoms with E-state index in [-0.39, 0.29) is 0 Å². The number of hydrogen-bond acceptors (Lipinski definition) is 3. The van der Waals surface area contributed by atoms with E-state index in [1.807, 2.05) is 30.3 Å². The van der Waals surface area contributed by atoms with Crippen molar-refractivity contribution in [3.8, 4) is 11.5 Å². The van der Waals surface area contributed by atoms with Gasteiger partial charge in [0, 0.05) is 28.7 Å². The molecule has 112 valence electrons. The molecule has 0 aliphatic carbocycles. The molecule has 21 heavy (non-hydrogen) atoms. The Morgan fingerprint density at radius 2 is 1.71 bits per heavy atom. The van der Waals surface area contributed by atoms with Crippen LogP contribution in [0.3, 0.4) is 0 Å². The third-order valence-corrected chi connectivity index (χ3v) is 3.72. The first-order valence-corrected chi connectivity index (χ1v) is 7.25. The minimum absolute atomic E-state index is 0.637. The fourth-order valence-electron chi connectivity index (χ4n) is 2.09. The number of para-hydroxylation sites is 1. The predicted molar refractivity (Wildman–Crippen MR) is 86.6 cm³/mol. The second-order valence-electron chi connectivity index (χ2n) is 4.49. The van der Waals surface area contributed by atoms with Gasteiger partial charge in [0.2, 0.25) is 0 Å². The van der Waals surface area contributed by atoms with Crippen molar-refractivity contribution in [1.82, 2.24) is 5.32 Å². The fraction of sp³-hybridized carbons (Fsp3) is 0.250. The van der Waals surface area contributed by atoms with Gasteiger partial charge in [-0.1, -0.05) is 41.4 Å². The van der Waals surface area contributed by atoms with Gasteiger partial charge in [-0.05, 0) is 23.8 Å². The minimum atomic E-state index is 0.637. The highest BCUT2D eigenvalue weighted by Crippen LogP contribution is 2.30. The smallest absolute Gasteiger partial charge is 0.165 e. The summed E-state index contributed by atoms with van der Waals surface area (Å²) < 4.78 is 10.7. The highest BCUT2D eigenvalue weighted by molar-refractivity contribution is 6.35. The number of methoxy groups -OCH3 is 2. The van der Waals surface area contributed by atoms with Gasteiger partial charge in [0.05, 0.1) is 14.2 Å². The van der Waals surface area contributed by atoms with E-state index in [0.29, 0.717) is 23.1 Å². The molecule has 0 bridgehead atoms. The van der Waals surface area contributed by atoms with Crippen LogP contribution in [0.5, 0.6) is 11.5 Å². The molecule has 0 fully saturated rings. The number of benzene rings is 2. The molecule has 0 aliphatic rings. The largest absolute Gasteiger partial charge is 0.493 e. The van der Waals surface area contributed by atoms with Crippen LogP contribution in [0, 0.1) is 0 Å². The Morgan fingerprint density at radius 3 is 2.38 bits per heavy atom. The minimum Gasteiger partial charge on any atom is -0.493 e. The van der Waals surface area contributed by atoms with Gasteiger partial charge < -0.3 is 14.8 Å².